The van der Waals surface area contributed by atoms with Gasteiger partial charge in [-0.25, -0.2) is 0 Å². The third kappa shape index (κ3) is 5.25. The SMILES string of the molecule is CCOc1cc(C#N)ccc1OCC(=O)N(CC)Cc1ccccc1. The fourth-order valence-electron chi connectivity index (χ4n) is 2.38. The van der Waals surface area contributed by atoms with Gasteiger partial charge in [0.1, 0.15) is 0 Å². The molecule has 0 N–H and O–H groups in total. The van der Waals surface area contributed by atoms with E-state index in [-0.39, 0.29) is 12.5 Å². The standard InChI is InChI=1S/C20H22N2O3/c1-3-22(14-16-8-6-5-7-9-16)20(23)15-25-18-11-10-17(13-21)12-19(18)24-4-2/h5-12H,3-4,14-15H2,1-2H3. The van der Waals surface area contributed by atoms with Crippen molar-refractivity contribution in [3.63, 3.8) is 0 Å². The van der Waals surface area contributed by atoms with Crippen LogP contribution in [0.2, 0.25) is 0 Å². The van der Waals surface area contributed by atoms with Crippen molar-refractivity contribution in [1.29, 1.82) is 5.26 Å². The second-order valence-corrected chi connectivity index (χ2v) is 5.39. The molecule has 0 aliphatic carbocycles. The number of benzene rings is 2. The van der Waals surface area contributed by atoms with Crippen LogP contribution in [-0.4, -0.2) is 30.6 Å². The van der Waals surface area contributed by atoms with E-state index in [1.807, 2.05) is 44.2 Å². The summed E-state index contributed by atoms with van der Waals surface area (Å²) in [5, 5.41) is 8.98. The summed E-state index contributed by atoms with van der Waals surface area (Å²) < 4.78 is 11.1. The molecule has 0 aliphatic heterocycles. The zero-order valence-electron chi connectivity index (χ0n) is 14.6. The lowest BCUT2D eigenvalue weighted by atomic mass is 10.2. The molecule has 1 amide bonds. The molecule has 0 saturated heterocycles. The van der Waals surface area contributed by atoms with Gasteiger partial charge in [0.2, 0.25) is 0 Å². The first kappa shape index (κ1) is 18.3. The minimum absolute atomic E-state index is 0.0767. The molecule has 0 radical (unpaired) electrons. The number of ether oxygens (including phenoxy) is 2. The Labute approximate surface area is 148 Å². The van der Waals surface area contributed by atoms with Crippen LogP contribution in [0.5, 0.6) is 11.5 Å². The first-order chi connectivity index (χ1) is 12.2. The number of hydrogen-bond donors (Lipinski definition) is 0. The van der Waals surface area contributed by atoms with Gasteiger partial charge < -0.3 is 14.4 Å². The summed E-state index contributed by atoms with van der Waals surface area (Å²) in [6, 6.07) is 16.8. The third-order valence-electron chi connectivity index (χ3n) is 3.67. The van der Waals surface area contributed by atoms with Crippen LogP contribution in [0.15, 0.2) is 48.5 Å². The molecule has 2 rings (SSSR count). The monoisotopic (exact) mass is 338 g/mol. The molecule has 0 fully saturated rings. The van der Waals surface area contributed by atoms with Crippen molar-refractivity contribution >= 4 is 5.91 Å². The lowest BCUT2D eigenvalue weighted by Gasteiger charge is -2.21. The highest BCUT2D eigenvalue weighted by Crippen LogP contribution is 2.28. The molecule has 0 spiro atoms. The zero-order chi connectivity index (χ0) is 18.1. The Bertz CT molecular complexity index is 738. The Balaban J connectivity index is 2.01. The number of carbonyl (C=O) groups is 1. The Hall–Kier alpha value is -3.00. The van der Waals surface area contributed by atoms with E-state index in [0.717, 1.165) is 5.56 Å². The summed E-state index contributed by atoms with van der Waals surface area (Å²) in [6.45, 7) is 5.32. The smallest absolute Gasteiger partial charge is 0.260 e. The number of amides is 1. The fourth-order valence-corrected chi connectivity index (χ4v) is 2.38. The summed E-state index contributed by atoms with van der Waals surface area (Å²) in [5.41, 5.74) is 1.56. The molecule has 0 unspecified atom stereocenters. The van der Waals surface area contributed by atoms with Crippen molar-refractivity contribution in [2.75, 3.05) is 19.8 Å². The molecule has 0 heterocycles. The van der Waals surface area contributed by atoms with Crippen LogP contribution >= 0.6 is 0 Å². The van der Waals surface area contributed by atoms with Gasteiger partial charge in [-0.1, -0.05) is 30.3 Å². The van der Waals surface area contributed by atoms with E-state index in [9.17, 15) is 4.79 Å². The van der Waals surface area contributed by atoms with Crippen LogP contribution in [0.25, 0.3) is 0 Å². The predicted molar refractivity (Wildman–Crippen MR) is 95.4 cm³/mol. The van der Waals surface area contributed by atoms with Crippen molar-refractivity contribution in [2.45, 2.75) is 20.4 Å². The van der Waals surface area contributed by atoms with Gasteiger partial charge in [-0.3, -0.25) is 4.79 Å². The molecule has 0 atom stereocenters. The van der Waals surface area contributed by atoms with E-state index in [0.29, 0.717) is 36.8 Å². The third-order valence-corrected chi connectivity index (χ3v) is 3.67. The first-order valence-corrected chi connectivity index (χ1v) is 8.29. The molecular weight excluding hydrogens is 316 g/mol. The van der Waals surface area contributed by atoms with E-state index >= 15 is 0 Å². The summed E-state index contributed by atoms with van der Waals surface area (Å²) in [5.74, 6) is 0.837. The average molecular weight is 338 g/mol. The molecular formula is C20H22N2O3. The van der Waals surface area contributed by atoms with Crippen LogP contribution in [0.3, 0.4) is 0 Å². The topological polar surface area (TPSA) is 62.6 Å². The van der Waals surface area contributed by atoms with Crippen LogP contribution in [0.4, 0.5) is 0 Å². The van der Waals surface area contributed by atoms with E-state index in [1.165, 1.54) is 0 Å². The number of nitrogens with zero attached hydrogens (tertiary/aromatic N) is 2. The van der Waals surface area contributed by atoms with E-state index in [4.69, 9.17) is 14.7 Å². The normalized spacial score (nSPS) is 9.96. The molecule has 2 aromatic rings. The summed E-state index contributed by atoms with van der Waals surface area (Å²) in [4.78, 5) is 14.2. The summed E-state index contributed by atoms with van der Waals surface area (Å²) in [7, 11) is 0. The summed E-state index contributed by atoms with van der Waals surface area (Å²) >= 11 is 0. The van der Waals surface area contributed by atoms with Gasteiger partial charge in [-0.15, -0.1) is 0 Å². The van der Waals surface area contributed by atoms with Gasteiger partial charge in [-0.05, 0) is 31.5 Å². The maximum Gasteiger partial charge on any atom is 0.260 e. The van der Waals surface area contributed by atoms with Crippen molar-refractivity contribution in [2.24, 2.45) is 0 Å². The van der Waals surface area contributed by atoms with Crippen molar-refractivity contribution < 1.29 is 14.3 Å². The maximum atomic E-state index is 12.5. The minimum Gasteiger partial charge on any atom is -0.490 e. The summed E-state index contributed by atoms with van der Waals surface area (Å²) in [6.07, 6.45) is 0. The molecule has 0 aromatic heterocycles. The van der Waals surface area contributed by atoms with Crippen molar-refractivity contribution in [1.82, 2.24) is 4.90 Å². The van der Waals surface area contributed by atoms with Crippen molar-refractivity contribution in [3.8, 4) is 17.6 Å². The van der Waals surface area contributed by atoms with Crippen molar-refractivity contribution in [3.05, 3.63) is 59.7 Å². The maximum absolute atomic E-state index is 12.5. The number of rotatable bonds is 8. The molecule has 0 aliphatic rings. The second-order valence-electron chi connectivity index (χ2n) is 5.39. The molecule has 5 nitrogen and oxygen atoms in total. The highest BCUT2D eigenvalue weighted by Gasteiger charge is 2.14. The highest BCUT2D eigenvalue weighted by molar-refractivity contribution is 5.77. The molecule has 5 heteroatoms. The number of carbonyl (C=O) groups excluding carboxylic acids is 1. The zero-order valence-corrected chi connectivity index (χ0v) is 14.6. The quantitative estimate of drug-likeness (QED) is 0.740. The van der Waals surface area contributed by atoms with Crippen LogP contribution in [-0.2, 0) is 11.3 Å². The number of nitriles is 1. The lowest BCUT2D eigenvalue weighted by molar-refractivity contribution is -0.133. The number of hydrogen-bond acceptors (Lipinski definition) is 4. The average Bonchev–Trinajstić information content (AvgIpc) is 2.65. The largest absolute Gasteiger partial charge is 0.490 e. The van der Waals surface area contributed by atoms with Crippen LogP contribution in [0, 0.1) is 11.3 Å². The van der Waals surface area contributed by atoms with Gasteiger partial charge in [0.15, 0.2) is 18.1 Å². The van der Waals surface area contributed by atoms with Gasteiger partial charge in [0.25, 0.3) is 5.91 Å². The van der Waals surface area contributed by atoms with E-state index in [1.54, 1.807) is 23.1 Å². The van der Waals surface area contributed by atoms with Gasteiger partial charge in [0.05, 0.1) is 18.2 Å². The predicted octanol–water partition coefficient (Wildman–Crippen LogP) is 3.38. The molecule has 130 valence electrons. The molecule has 25 heavy (non-hydrogen) atoms. The second kappa shape index (κ2) is 9.33. The molecule has 0 saturated carbocycles. The van der Waals surface area contributed by atoms with E-state index < -0.39 is 0 Å². The van der Waals surface area contributed by atoms with Gasteiger partial charge in [-0.2, -0.15) is 5.26 Å². The Morgan fingerprint density at radius 2 is 1.84 bits per heavy atom. The fraction of sp³-hybridized carbons (Fsp3) is 0.300. The Morgan fingerprint density at radius 1 is 1.08 bits per heavy atom. The molecule has 0 bridgehead atoms. The highest BCUT2D eigenvalue weighted by atomic mass is 16.5. The van der Waals surface area contributed by atoms with Gasteiger partial charge >= 0.3 is 0 Å². The van der Waals surface area contributed by atoms with Crippen LogP contribution < -0.4 is 9.47 Å². The Morgan fingerprint density at radius 3 is 2.48 bits per heavy atom. The van der Waals surface area contributed by atoms with Gasteiger partial charge in [0, 0.05) is 19.2 Å². The lowest BCUT2D eigenvalue weighted by Crippen LogP contribution is -2.34. The number of likely N-dealkylation sites (N-methyl/N-ethyl adjacent to an activating group) is 1. The Kier molecular flexibility index (Phi) is 6.85. The first-order valence-electron chi connectivity index (χ1n) is 8.29. The van der Waals surface area contributed by atoms with E-state index in [2.05, 4.69) is 6.07 Å². The molecule has 2 aromatic carbocycles. The van der Waals surface area contributed by atoms with Crippen LogP contribution in [0.1, 0.15) is 25.0 Å². The minimum atomic E-state index is -0.0989.